The van der Waals surface area contributed by atoms with Crippen molar-refractivity contribution in [3.63, 3.8) is 0 Å². The van der Waals surface area contributed by atoms with Crippen LogP contribution in [-0.4, -0.2) is 56.8 Å². The number of likely N-dealkylation sites (tertiary alicyclic amines) is 1. The second-order valence-corrected chi connectivity index (χ2v) is 11.6. The Morgan fingerprint density at radius 3 is 2.38 bits per heavy atom. The van der Waals surface area contributed by atoms with Crippen molar-refractivity contribution < 1.29 is 27.5 Å². The number of carbonyl (C=O) groups excluding carboxylic acids is 3. The van der Waals surface area contributed by atoms with Gasteiger partial charge in [-0.05, 0) is 50.5 Å². The van der Waals surface area contributed by atoms with E-state index in [0.717, 1.165) is 5.56 Å². The maximum absolute atomic E-state index is 13.7. The van der Waals surface area contributed by atoms with Crippen LogP contribution >= 0.6 is 0 Å². The Kier molecular flexibility index (Phi) is 9.21. The molecule has 2 amide bonds. The van der Waals surface area contributed by atoms with Crippen molar-refractivity contribution in [1.82, 2.24) is 9.62 Å². The molecule has 1 heterocycles. The van der Waals surface area contributed by atoms with E-state index in [9.17, 15) is 22.8 Å². The number of hydrogen-bond donors (Lipinski definition) is 2. The monoisotopic (exact) mass is 565 g/mol. The highest BCUT2D eigenvalue weighted by Crippen LogP contribution is 2.31. The number of benzene rings is 3. The average molecular weight is 566 g/mol. The normalized spacial score (nSPS) is 17.4. The molecule has 9 nitrogen and oxygen atoms in total. The van der Waals surface area contributed by atoms with Gasteiger partial charge in [-0.3, -0.25) is 14.4 Å². The Balaban J connectivity index is 1.62. The summed E-state index contributed by atoms with van der Waals surface area (Å²) in [6.45, 7) is 6.03. The number of amides is 2. The van der Waals surface area contributed by atoms with Crippen LogP contribution in [-0.2, 0) is 24.3 Å². The van der Waals surface area contributed by atoms with Gasteiger partial charge in [-0.25, -0.2) is 13.1 Å². The number of ether oxygens (including phenoxy) is 1. The van der Waals surface area contributed by atoms with E-state index in [1.807, 2.05) is 26.0 Å². The topological polar surface area (TPSA) is 122 Å². The van der Waals surface area contributed by atoms with Gasteiger partial charge < -0.3 is 15.0 Å². The highest BCUT2D eigenvalue weighted by Gasteiger charge is 2.39. The first kappa shape index (κ1) is 29.2. The lowest BCUT2D eigenvalue weighted by molar-refractivity contribution is -0.152. The molecule has 1 aliphatic rings. The predicted molar refractivity (Wildman–Crippen MR) is 153 cm³/mol. The summed E-state index contributed by atoms with van der Waals surface area (Å²) in [5.41, 5.74) is 1.83. The minimum absolute atomic E-state index is 0.0316. The second kappa shape index (κ2) is 12.6. The Hall–Kier alpha value is -3.76. The minimum atomic E-state index is -4.09. The summed E-state index contributed by atoms with van der Waals surface area (Å²) in [6, 6.07) is 16.4. The number of esters is 1. The molecule has 1 aliphatic heterocycles. The molecular weight excluding hydrogens is 530 g/mol. The van der Waals surface area contributed by atoms with Crippen molar-refractivity contribution >= 4 is 44.3 Å². The van der Waals surface area contributed by atoms with E-state index < -0.39 is 28.0 Å². The number of anilines is 1. The summed E-state index contributed by atoms with van der Waals surface area (Å²) >= 11 is 0. The van der Waals surface area contributed by atoms with Crippen LogP contribution in [0.5, 0.6) is 0 Å². The standard InChI is InChI=1S/C30H35N3O6S/c1-4-10-28(34)33-18-17-26(24(19-33)30(36)39-5-2)32-40(37,38)27-16-15-25(22-13-8-9-14-23(22)27)31-29(35)21-12-7-6-11-20(21)3/h6-9,11-16,24,26,32H,4-5,10,17-19H2,1-3H3,(H,31,35)/t24-,26+/m0/s1. The second-order valence-electron chi connectivity index (χ2n) is 9.89. The molecule has 0 unspecified atom stereocenters. The molecule has 0 saturated carbocycles. The Bertz CT molecular complexity index is 1520. The molecule has 0 spiro atoms. The summed E-state index contributed by atoms with van der Waals surface area (Å²) < 4.78 is 35.4. The van der Waals surface area contributed by atoms with Gasteiger partial charge in [0.05, 0.1) is 17.4 Å². The maximum atomic E-state index is 13.7. The van der Waals surface area contributed by atoms with Crippen molar-refractivity contribution in [2.24, 2.45) is 5.92 Å². The third-order valence-electron chi connectivity index (χ3n) is 7.14. The third-order valence-corrected chi connectivity index (χ3v) is 8.68. The first-order chi connectivity index (χ1) is 19.2. The number of piperidine rings is 1. The van der Waals surface area contributed by atoms with E-state index in [1.54, 1.807) is 54.3 Å². The number of aryl methyl sites for hydroxylation is 1. The van der Waals surface area contributed by atoms with Crippen LogP contribution in [0.4, 0.5) is 5.69 Å². The number of fused-ring (bicyclic) bond motifs is 1. The molecule has 4 rings (SSSR count). The molecule has 1 fully saturated rings. The summed E-state index contributed by atoms with van der Waals surface area (Å²) in [5.74, 6) is -1.72. The third kappa shape index (κ3) is 6.34. The molecule has 2 atom stereocenters. The lowest BCUT2D eigenvalue weighted by Gasteiger charge is -2.37. The van der Waals surface area contributed by atoms with E-state index in [4.69, 9.17) is 4.74 Å². The molecule has 0 aliphatic carbocycles. The van der Waals surface area contributed by atoms with Crippen molar-refractivity contribution in [1.29, 1.82) is 0 Å². The van der Waals surface area contributed by atoms with Crippen LogP contribution in [0, 0.1) is 12.8 Å². The van der Waals surface area contributed by atoms with Crippen LogP contribution in [0.15, 0.2) is 65.6 Å². The van der Waals surface area contributed by atoms with E-state index in [1.165, 1.54) is 6.07 Å². The lowest BCUT2D eigenvalue weighted by Crippen LogP contribution is -2.55. The maximum Gasteiger partial charge on any atom is 0.312 e. The molecule has 1 saturated heterocycles. The lowest BCUT2D eigenvalue weighted by atomic mass is 9.92. The van der Waals surface area contributed by atoms with Gasteiger partial charge in [0.25, 0.3) is 5.91 Å². The van der Waals surface area contributed by atoms with Gasteiger partial charge in [-0.2, -0.15) is 0 Å². The molecule has 3 aromatic carbocycles. The number of nitrogens with zero attached hydrogens (tertiary/aromatic N) is 1. The zero-order valence-electron chi connectivity index (χ0n) is 23.0. The van der Waals surface area contributed by atoms with E-state index >= 15 is 0 Å². The highest BCUT2D eigenvalue weighted by molar-refractivity contribution is 7.89. The number of rotatable bonds is 9. The minimum Gasteiger partial charge on any atom is -0.466 e. The Labute approximate surface area is 234 Å². The van der Waals surface area contributed by atoms with Gasteiger partial charge in [-0.1, -0.05) is 49.4 Å². The molecular formula is C30H35N3O6S. The number of hydrogen-bond acceptors (Lipinski definition) is 6. The molecule has 40 heavy (non-hydrogen) atoms. The fourth-order valence-electron chi connectivity index (χ4n) is 5.07. The molecule has 0 radical (unpaired) electrons. The SMILES string of the molecule is CCCC(=O)N1CC[C@@H](NS(=O)(=O)c2ccc(NC(=O)c3ccccc3C)c3ccccc23)[C@@H](C(=O)OCC)C1. The Morgan fingerprint density at radius 1 is 0.975 bits per heavy atom. The summed E-state index contributed by atoms with van der Waals surface area (Å²) in [6.07, 6.45) is 1.33. The molecule has 0 aromatic heterocycles. The summed E-state index contributed by atoms with van der Waals surface area (Å²) in [5, 5.41) is 3.91. The largest absolute Gasteiger partial charge is 0.466 e. The van der Waals surface area contributed by atoms with E-state index in [-0.39, 0.29) is 36.3 Å². The van der Waals surface area contributed by atoms with Gasteiger partial charge in [0.1, 0.15) is 0 Å². The molecule has 10 heteroatoms. The zero-order valence-corrected chi connectivity index (χ0v) is 23.8. The van der Waals surface area contributed by atoms with Crippen LogP contribution < -0.4 is 10.0 Å². The van der Waals surface area contributed by atoms with Crippen molar-refractivity contribution in [2.75, 3.05) is 25.0 Å². The molecule has 212 valence electrons. The number of sulfonamides is 1. The van der Waals surface area contributed by atoms with Gasteiger partial charge >= 0.3 is 5.97 Å². The Morgan fingerprint density at radius 2 is 1.68 bits per heavy atom. The average Bonchev–Trinajstić information content (AvgIpc) is 2.93. The summed E-state index contributed by atoms with van der Waals surface area (Å²) in [4.78, 5) is 39.9. The van der Waals surface area contributed by atoms with Crippen molar-refractivity contribution in [3.8, 4) is 0 Å². The van der Waals surface area contributed by atoms with E-state index in [0.29, 0.717) is 41.4 Å². The number of carbonyl (C=O) groups is 3. The number of nitrogens with one attached hydrogen (secondary N) is 2. The quantitative estimate of drug-likeness (QED) is 0.374. The van der Waals surface area contributed by atoms with Gasteiger partial charge in [0, 0.05) is 47.6 Å². The molecule has 0 bridgehead atoms. The van der Waals surface area contributed by atoms with Crippen LogP contribution in [0.3, 0.4) is 0 Å². The van der Waals surface area contributed by atoms with Crippen LogP contribution in [0.1, 0.15) is 49.0 Å². The smallest absolute Gasteiger partial charge is 0.312 e. The van der Waals surface area contributed by atoms with Crippen LogP contribution in [0.25, 0.3) is 10.8 Å². The van der Waals surface area contributed by atoms with Gasteiger partial charge in [0.15, 0.2) is 0 Å². The van der Waals surface area contributed by atoms with Gasteiger partial charge in [-0.15, -0.1) is 0 Å². The van der Waals surface area contributed by atoms with Crippen molar-refractivity contribution in [2.45, 2.75) is 51.0 Å². The first-order valence-electron chi connectivity index (χ1n) is 13.5. The summed E-state index contributed by atoms with van der Waals surface area (Å²) in [7, 11) is -4.09. The van der Waals surface area contributed by atoms with Crippen molar-refractivity contribution in [3.05, 3.63) is 71.8 Å². The fourth-order valence-corrected chi connectivity index (χ4v) is 6.60. The predicted octanol–water partition coefficient (Wildman–Crippen LogP) is 4.26. The zero-order chi connectivity index (χ0) is 28.9. The van der Waals surface area contributed by atoms with E-state index in [2.05, 4.69) is 10.0 Å². The molecule has 3 aromatic rings. The van der Waals surface area contributed by atoms with Gasteiger partial charge in [0.2, 0.25) is 15.9 Å². The van der Waals surface area contributed by atoms with Crippen LogP contribution in [0.2, 0.25) is 0 Å². The molecule has 2 N–H and O–H groups in total. The highest BCUT2D eigenvalue weighted by atomic mass is 32.2. The first-order valence-corrected chi connectivity index (χ1v) is 15.0. The fraction of sp³-hybridized carbons (Fsp3) is 0.367.